The number of rotatable bonds is 4. The summed E-state index contributed by atoms with van der Waals surface area (Å²) in [6, 6.07) is 18.3. The zero-order valence-electron chi connectivity index (χ0n) is 14.8. The number of carbonyl (C=O) groups excluding carboxylic acids is 2. The van der Waals surface area contributed by atoms with Crippen LogP contribution in [0, 0.1) is 5.92 Å². The van der Waals surface area contributed by atoms with Crippen LogP contribution in [0.2, 0.25) is 0 Å². The molecule has 1 aliphatic carbocycles. The predicted molar refractivity (Wildman–Crippen MR) is 100 cm³/mol. The first-order valence-electron chi connectivity index (χ1n) is 8.91. The summed E-state index contributed by atoms with van der Waals surface area (Å²) in [6.45, 7) is 0.717. The number of nitrogens with zero attached hydrogens (tertiary/aromatic N) is 1. The lowest BCUT2D eigenvalue weighted by Crippen LogP contribution is -2.24. The Balaban J connectivity index is 1.80. The van der Waals surface area contributed by atoms with Crippen LogP contribution in [0.1, 0.15) is 34.5 Å². The maximum atomic E-state index is 12.9. The molecule has 0 spiro atoms. The molecule has 0 fully saturated rings. The Morgan fingerprint density at radius 3 is 2.58 bits per heavy atom. The van der Waals surface area contributed by atoms with Crippen LogP contribution in [0.4, 0.5) is 0 Å². The molecule has 0 saturated heterocycles. The highest BCUT2D eigenvalue weighted by molar-refractivity contribution is 6.10. The molecule has 0 aliphatic heterocycles. The van der Waals surface area contributed by atoms with Crippen molar-refractivity contribution in [2.24, 2.45) is 5.92 Å². The first-order chi connectivity index (χ1) is 12.7. The van der Waals surface area contributed by atoms with Gasteiger partial charge in [-0.15, -0.1) is 0 Å². The normalized spacial score (nSPS) is 16.5. The first kappa shape index (κ1) is 16.6. The van der Waals surface area contributed by atoms with E-state index in [1.165, 1.54) is 12.7 Å². The zero-order valence-corrected chi connectivity index (χ0v) is 14.8. The highest BCUT2D eigenvalue weighted by atomic mass is 16.5. The van der Waals surface area contributed by atoms with Crippen LogP contribution in [-0.4, -0.2) is 23.4 Å². The van der Waals surface area contributed by atoms with Gasteiger partial charge in [-0.1, -0.05) is 48.5 Å². The molecule has 0 radical (unpaired) electrons. The van der Waals surface area contributed by atoms with Crippen molar-refractivity contribution in [3.05, 3.63) is 71.4 Å². The van der Waals surface area contributed by atoms with Gasteiger partial charge in [0.05, 0.1) is 7.11 Å². The maximum absolute atomic E-state index is 12.9. The summed E-state index contributed by atoms with van der Waals surface area (Å²) in [4.78, 5) is 24.6. The van der Waals surface area contributed by atoms with Gasteiger partial charge in [-0.3, -0.25) is 9.59 Å². The van der Waals surface area contributed by atoms with Crippen molar-refractivity contribution in [2.75, 3.05) is 7.11 Å². The molecule has 3 aromatic rings. The lowest BCUT2D eigenvalue weighted by atomic mass is 9.84. The maximum Gasteiger partial charge on any atom is 0.305 e. The second kappa shape index (κ2) is 6.79. The summed E-state index contributed by atoms with van der Waals surface area (Å²) in [6.07, 6.45) is 1.41. The van der Waals surface area contributed by atoms with E-state index in [0.717, 1.165) is 35.1 Å². The summed E-state index contributed by atoms with van der Waals surface area (Å²) in [5.74, 6) is -0.124. The van der Waals surface area contributed by atoms with E-state index in [2.05, 4.69) is 22.8 Å². The summed E-state index contributed by atoms with van der Waals surface area (Å²) >= 11 is 0. The molecule has 0 N–H and O–H groups in total. The Bertz CT molecular complexity index is 972. The first-order valence-corrected chi connectivity index (χ1v) is 8.91. The zero-order chi connectivity index (χ0) is 18.1. The second-order valence-electron chi connectivity index (χ2n) is 6.89. The summed E-state index contributed by atoms with van der Waals surface area (Å²) in [5, 5.41) is 1.01. The molecule has 4 rings (SSSR count). The number of Topliss-reactive ketones (excluding diaryl/α,β-unsaturated/α-hetero) is 1. The number of aromatic nitrogens is 1. The Morgan fingerprint density at radius 1 is 1.08 bits per heavy atom. The molecule has 2 aromatic carbocycles. The molecule has 0 bridgehead atoms. The molecule has 26 heavy (non-hydrogen) atoms. The van der Waals surface area contributed by atoms with Crippen molar-refractivity contribution >= 4 is 22.7 Å². The van der Waals surface area contributed by atoms with Crippen molar-refractivity contribution in [1.29, 1.82) is 0 Å². The topological polar surface area (TPSA) is 48.3 Å². The number of carbonyl (C=O) groups is 2. The molecule has 1 aromatic heterocycles. The van der Waals surface area contributed by atoms with E-state index in [-0.39, 0.29) is 24.1 Å². The van der Waals surface area contributed by atoms with Gasteiger partial charge in [0.1, 0.15) is 0 Å². The van der Waals surface area contributed by atoms with Crippen LogP contribution in [0.15, 0.2) is 54.6 Å². The molecule has 1 atom stereocenters. The Morgan fingerprint density at radius 2 is 1.81 bits per heavy atom. The fraction of sp³-hybridized carbons (Fsp3) is 0.273. The fourth-order valence-electron chi connectivity index (χ4n) is 4.00. The monoisotopic (exact) mass is 347 g/mol. The quantitative estimate of drug-likeness (QED) is 0.670. The van der Waals surface area contributed by atoms with Crippen molar-refractivity contribution < 1.29 is 14.3 Å². The Kier molecular flexibility index (Phi) is 4.33. The second-order valence-corrected chi connectivity index (χ2v) is 6.89. The van der Waals surface area contributed by atoms with E-state index < -0.39 is 0 Å². The minimum absolute atomic E-state index is 0.00119. The highest BCUT2D eigenvalue weighted by Crippen LogP contribution is 2.36. The number of ketones is 1. The average molecular weight is 347 g/mol. The molecule has 0 saturated carbocycles. The van der Waals surface area contributed by atoms with Crippen LogP contribution in [0.5, 0.6) is 0 Å². The predicted octanol–water partition coefficient (Wildman–Crippen LogP) is 4.00. The minimum atomic E-state index is -0.253. The number of hydrogen-bond acceptors (Lipinski definition) is 3. The van der Waals surface area contributed by atoms with E-state index in [9.17, 15) is 9.59 Å². The number of ether oxygens (including phenoxy) is 1. The smallest absolute Gasteiger partial charge is 0.305 e. The van der Waals surface area contributed by atoms with Gasteiger partial charge in [0.15, 0.2) is 5.78 Å². The van der Waals surface area contributed by atoms with Gasteiger partial charge in [0, 0.05) is 41.5 Å². The van der Waals surface area contributed by atoms with Crippen LogP contribution in [-0.2, 0) is 22.5 Å². The molecule has 132 valence electrons. The van der Waals surface area contributed by atoms with Crippen molar-refractivity contribution in [3.63, 3.8) is 0 Å². The van der Waals surface area contributed by atoms with Crippen LogP contribution in [0.25, 0.3) is 10.9 Å². The number of methoxy groups -OCH3 is 1. The van der Waals surface area contributed by atoms with Gasteiger partial charge in [-0.25, -0.2) is 0 Å². The van der Waals surface area contributed by atoms with Crippen molar-refractivity contribution in [1.82, 2.24) is 4.57 Å². The minimum Gasteiger partial charge on any atom is -0.469 e. The Hall–Kier alpha value is -2.88. The number of para-hydroxylation sites is 1. The molecule has 0 amide bonds. The molecule has 4 nitrogen and oxygen atoms in total. The van der Waals surface area contributed by atoms with Crippen LogP contribution in [0.3, 0.4) is 0 Å². The lowest BCUT2D eigenvalue weighted by molar-refractivity contribution is -0.141. The van der Waals surface area contributed by atoms with Gasteiger partial charge in [-0.05, 0) is 24.0 Å². The van der Waals surface area contributed by atoms with E-state index in [4.69, 9.17) is 4.74 Å². The third kappa shape index (κ3) is 2.92. The van der Waals surface area contributed by atoms with E-state index in [0.29, 0.717) is 6.42 Å². The van der Waals surface area contributed by atoms with Gasteiger partial charge in [-0.2, -0.15) is 0 Å². The largest absolute Gasteiger partial charge is 0.469 e. The molecule has 1 aliphatic rings. The van der Waals surface area contributed by atoms with E-state index in [1.54, 1.807) is 0 Å². The molecular formula is C22H21NO3. The summed E-state index contributed by atoms with van der Waals surface area (Å²) in [5.41, 5.74) is 4.14. The standard InChI is InChI=1S/C22H21NO3/c1-26-21(25)13-16-11-19-22(20(24)12-16)17-9-5-6-10-18(17)23(19)14-15-7-3-2-4-8-15/h2-10,16H,11-14H2,1H3. The molecule has 1 heterocycles. The molecule has 1 unspecified atom stereocenters. The SMILES string of the molecule is COC(=O)CC1CC(=O)c2c(n(Cc3ccccc3)c3ccccc23)C1. The number of hydrogen-bond donors (Lipinski definition) is 0. The van der Waals surface area contributed by atoms with Crippen molar-refractivity contribution in [3.8, 4) is 0 Å². The Labute approximate surface area is 152 Å². The van der Waals surface area contributed by atoms with Gasteiger partial charge in [0.25, 0.3) is 0 Å². The lowest BCUT2D eigenvalue weighted by Gasteiger charge is -2.23. The van der Waals surface area contributed by atoms with Gasteiger partial charge < -0.3 is 9.30 Å². The molecule has 4 heteroatoms. The van der Waals surface area contributed by atoms with Crippen LogP contribution >= 0.6 is 0 Å². The van der Waals surface area contributed by atoms with Crippen LogP contribution < -0.4 is 0 Å². The van der Waals surface area contributed by atoms with Crippen molar-refractivity contribution in [2.45, 2.75) is 25.8 Å². The summed E-state index contributed by atoms with van der Waals surface area (Å²) < 4.78 is 7.04. The van der Waals surface area contributed by atoms with E-state index >= 15 is 0 Å². The average Bonchev–Trinajstić information content (AvgIpc) is 2.97. The van der Waals surface area contributed by atoms with Gasteiger partial charge >= 0.3 is 5.97 Å². The summed E-state index contributed by atoms with van der Waals surface area (Å²) in [7, 11) is 1.39. The van der Waals surface area contributed by atoms with Gasteiger partial charge in [0.2, 0.25) is 0 Å². The number of benzene rings is 2. The third-order valence-electron chi connectivity index (χ3n) is 5.18. The number of fused-ring (bicyclic) bond motifs is 3. The number of esters is 1. The molecular weight excluding hydrogens is 326 g/mol. The third-order valence-corrected chi connectivity index (χ3v) is 5.18. The highest BCUT2D eigenvalue weighted by Gasteiger charge is 2.32. The fourth-order valence-corrected chi connectivity index (χ4v) is 4.00. The van der Waals surface area contributed by atoms with E-state index in [1.807, 2.05) is 36.4 Å².